The SMILES string of the molecule is C=N/C(=N\C=C(/C)SCCCN(C)C)c1cccc(C(C)n2nc(-c3cccc(C#N)c3)ccc2=O)c1. The standard InChI is InChI=1S/C29H32N6OS/c1-21(37-16-8-15-34(4)5)20-32-29(31-3)26-12-7-10-24(18-26)22(2)35-28(36)14-13-27(33-35)25-11-6-9-23(17-25)19-30/h6-7,9-14,17-18,20,22H,3,8,15-16H2,1-2,4-5H3/b21-20+,32-29-. The second kappa shape index (κ2) is 13.5. The van der Waals surface area contributed by atoms with E-state index < -0.39 is 0 Å². The smallest absolute Gasteiger partial charge is 0.267 e. The molecule has 0 radical (unpaired) electrons. The molecular formula is C29H32N6OS. The molecule has 0 saturated heterocycles. The monoisotopic (exact) mass is 512 g/mol. The number of rotatable bonds is 10. The molecule has 3 aromatic rings. The van der Waals surface area contributed by atoms with Crippen molar-refractivity contribution < 1.29 is 0 Å². The summed E-state index contributed by atoms with van der Waals surface area (Å²) in [6.07, 6.45) is 2.93. The number of hydrogen-bond acceptors (Lipinski definition) is 6. The van der Waals surface area contributed by atoms with E-state index in [-0.39, 0.29) is 11.6 Å². The van der Waals surface area contributed by atoms with Crippen LogP contribution in [0.2, 0.25) is 0 Å². The van der Waals surface area contributed by atoms with Crippen LogP contribution in [-0.4, -0.2) is 53.6 Å². The van der Waals surface area contributed by atoms with Gasteiger partial charge in [0.1, 0.15) is 0 Å². The van der Waals surface area contributed by atoms with Crippen LogP contribution in [-0.2, 0) is 0 Å². The Morgan fingerprint density at radius 2 is 2.00 bits per heavy atom. The highest BCUT2D eigenvalue weighted by Crippen LogP contribution is 2.22. The number of hydrogen-bond donors (Lipinski definition) is 0. The van der Waals surface area contributed by atoms with E-state index in [9.17, 15) is 10.1 Å². The van der Waals surface area contributed by atoms with Gasteiger partial charge in [-0.05, 0) is 83.2 Å². The van der Waals surface area contributed by atoms with Crippen molar-refractivity contribution >= 4 is 24.3 Å². The first-order valence-electron chi connectivity index (χ1n) is 12.0. The molecular weight excluding hydrogens is 480 g/mol. The van der Waals surface area contributed by atoms with Gasteiger partial charge in [-0.1, -0.05) is 30.3 Å². The van der Waals surface area contributed by atoms with E-state index >= 15 is 0 Å². The molecule has 0 fully saturated rings. The van der Waals surface area contributed by atoms with Gasteiger partial charge in [0.15, 0.2) is 5.84 Å². The molecule has 0 spiro atoms. The summed E-state index contributed by atoms with van der Waals surface area (Å²) in [7, 11) is 4.15. The summed E-state index contributed by atoms with van der Waals surface area (Å²) in [6, 6.07) is 19.9. The van der Waals surface area contributed by atoms with Crippen molar-refractivity contribution in [3.63, 3.8) is 0 Å². The first-order valence-corrected chi connectivity index (χ1v) is 13.0. The van der Waals surface area contributed by atoms with Crippen molar-refractivity contribution in [2.24, 2.45) is 9.98 Å². The van der Waals surface area contributed by atoms with Gasteiger partial charge < -0.3 is 4.90 Å². The van der Waals surface area contributed by atoms with E-state index in [1.165, 1.54) is 10.7 Å². The predicted octanol–water partition coefficient (Wildman–Crippen LogP) is 5.38. The van der Waals surface area contributed by atoms with E-state index in [4.69, 9.17) is 0 Å². The third-order valence-corrected chi connectivity index (χ3v) is 6.76. The van der Waals surface area contributed by atoms with Gasteiger partial charge in [0.2, 0.25) is 0 Å². The fraction of sp³-hybridized carbons (Fsp3) is 0.276. The summed E-state index contributed by atoms with van der Waals surface area (Å²) in [5.74, 6) is 1.55. The minimum atomic E-state index is -0.331. The average molecular weight is 513 g/mol. The number of aliphatic imine (C=N–C) groups is 2. The number of thioether (sulfide) groups is 1. The molecule has 0 N–H and O–H groups in total. The molecule has 1 heterocycles. The van der Waals surface area contributed by atoms with E-state index in [1.54, 1.807) is 36.0 Å². The lowest BCUT2D eigenvalue weighted by Gasteiger charge is -2.16. The Balaban J connectivity index is 1.84. The van der Waals surface area contributed by atoms with Gasteiger partial charge in [-0.3, -0.25) is 4.79 Å². The number of nitrogens with zero attached hydrogens (tertiary/aromatic N) is 6. The molecule has 0 aliphatic rings. The molecule has 2 aromatic carbocycles. The minimum absolute atomic E-state index is 0.210. The molecule has 0 aliphatic heterocycles. The van der Waals surface area contributed by atoms with Crippen molar-refractivity contribution in [3.8, 4) is 17.3 Å². The molecule has 8 heteroatoms. The molecule has 0 aliphatic carbocycles. The second-order valence-corrected chi connectivity index (χ2v) is 10.2. The summed E-state index contributed by atoms with van der Waals surface area (Å²) in [5, 5.41) is 13.8. The van der Waals surface area contributed by atoms with Gasteiger partial charge >= 0.3 is 0 Å². The molecule has 3 rings (SSSR count). The maximum atomic E-state index is 12.7. The highest BCUT2D eigenvalue weighted by Gasteiger charge is 2.14. The summed E-state index contributed by atoms with van der Waals surface area (Å²) in [4.78, 5) is 24.7. The van der Waals surface area contributed by atoms with Crippen LogP contribution >= 0.6 is 11.8 Å². The second-order valence-electron chi connectivity index (χ2n) is 8.85. The first kappa shape index (κ1) is 27.8. The van der Waals surface area contributed by atoms with Crippen LogP contribution in [0.5, 0.6) is 0 Å². The number of allylic oxidation sites excluding steroid dienone is 1. The van der Waals surface area contributed by atoms with Crippen LogP contribution in [0.3, 0.4) is 0 Å². The van der Waals surface area contributed by atoms with Crippen LogP contribution in [0.25, 0.3) is 11.3 Å². The Kier molecular flexibility index (Phi) is 10.1. The minimum Gasteiger partial charge on any atom is -0.309 e. The number of nitriles is 1. The Morgan fingerprint density at radius 3 is 2.73 bits per heavy atom. The Hall–Kier alpha value is -3.80. The highest BCUT2D eigenvalue weighted by molar-refractivity contribution is 8.03. The average Bonchev–Trinajstić information content (AvgIpc) is 2.91. The molecule has 37 heavy (non-hydrogen) atoms. The molecule has 1 aromatic heterocycles. The molecule has 0 saturated carbocycles. The quantitative estimate of drug-likeness (QED) is 0.207. The molecule has 0 amide bonds. The molecule has 0 bridgehead atoms. The normalized spacial score (nSPS) is 12.9. The zero-order valence-corrected chi connectivity index (χ0v) is 22.6. The van der Waals surface area contributed by atoms with E-state index in [0.29, 0.717) is 17.1 Å². The van der Waals surface area contributed by atoms with Crippen molar-refractivity contribution in [2.75, 3.05) is 26.4 Å². The third kappa shape index (κ3) is 7.84. The Morgan fingerprint density at radius 1 is 1.22 bits per heavy atom. The van der Waals surface area contributed by atoms with Crippen LogP contribution in [0.4, 0.5) is 0 Å². The third-order valence-electron chi connectivity index (χ3n) is 5.70. The molecule has 1 atom stereocenters. The largest absolute Gasteiger partial charge is 0.309 e. The van der Waals surface area contributed by atoms with Crippen molar-refractivity contribution in [1.82, 2.24) is 14.7 Å². The lowest BCUT2D eigenvalue weighted by atomic mass is 10.0. The summed E-state index contributed by atoms with van der Waals surface area (Å²) < 4.78 is 1.46. The summed E-state index contributed by atoms with van der Waals surface area (Å²) in [6.45, 7) is 8.73. The van der Waals surface area contributed by atoms with Crippen molar-refractivity contribution in [1.29, 1.82) is 5.26 Å². The van der Waals surface area contributed by atoms with E-state index in [2.05, 4.69) is 46.9 Å². The topological polar surface area (TPSA) is 86.6 Å². The zero-order chi connectivity index (χ0) is 26.8. The van der Waals surface area contributed by atoms with Crippen LogP contribution in [0, 0.1) is 11.3 Å². The van der Waals surface area contributed by atoms with Gasteiger partial charge in [-0.15, -0.1) is 11.8 Å². The van der Waals surface area contributed by atoms with Crippen LogP contribution < -0.4 is 5.56 Å². The fourth-order valence-electron chi connectivity index (χ4n) is 3.69. The molecule has 1 unspecified atom stereocenters. The lowest BCUT2D eigenvalue weighted by Crippen LogP contribution is -2.26. The van der Waals surface area contributed by atoms with E-state index in [1.807, 2.05) is 50.4 Å². The zero-order valence-electron chi connectivity index (χ0n) is 21.8. The first-order chi connectivity index (χ1) is 17.8. The van der Waals surface area contributed by atoms with Gasteiger partial charge in [0.25, 0.3) is 5.56 Å². The van der Waals surface area contributed by atoms with Gasteiger partial charge in [0.05, 0.1) is 23.4 Å². The lowest BCUT2D eigenvalue weighted by molar-refractivity contribution is 0.410. The van der Waals surface area contributed by atoms with Crippen LogP contribution in [0.15, 0.2) is 86.5 Å². The summed E-state index contributed by atoms with van der Waals surface area (Å²) >= 11 is 1.78. The van der Waals surface area contributed by atoms with Crippen molar-refractivity contribution in [3.05, 3.63) is 98.8 Å². The number of aromatic nitrogens is 2. The van der Waals surface area contributed by atoms with Crippen LogP contribution in [0.1, 0.15) is 43.0 Å². The van der Waals surface area contributed by atoms with Crippen molar-refractivity contribution in [2.45, 2.75) is 26.3 Å². The predicted molar refractivity (Wildman–Crippen MR) is 154 cm³/mol. The fourth-order valence-corrected chi connectivity index (χ4v) is 4.42. The Bertz CT molecular complexity index is 1400. The Labute approximate surface area is 222 Å². The summed E-state index contributed by atoms with van der Waals surface area (Å²) in [5.41, 5.74) is 3.44. The van der Waals surface area contributed by atoms with E-state index in [0.717, 1.165) is 40.3 Å². The van der Waals surface area contributed by atoms with Gasteiger partial charge in [-0.25, -0.2) is 14.7 Å². The number of amidine groups is 1. The van der Waals surface area contributed by atoms with Gasteiger partial charge in [-0.2, -0.15) is 10.4 Å². The van der Waals surface area contributed by atoms with Gasteiger partial charge in [0, 0.05) is 28.3 Å². The molecule has 7 nitrogen and oxygen atoms in total. The maximum absolute atomic E-state index is 12.7. The highest BCUT2D eigenvalue weighted by atomic mass is 32.2. The molecule has 190 valence electrons. The number of benzene rings is 2. The maximum Gasteiger partial charge on any atom is 0.267 e.